The average molecular weight is 279 g/mol. The molecule has 0 bridgehead atoms. The van der Waals surface area contributed by atoms with Crippen LogP contribution in [-0.2, 0) is 6.54 Å². The summed E-state index contributed by atoms with van der Waals surface area (Å²) in [4.78, 5) is 14.0. The number of nitriles is 1. The number of nitrogens with one attached hydrogen (secondary N) is 1. The van der Waals surface area contributed by atoms with Crippen LogP contribution in [0.2, 0.25) is 0 Å². The highest BCUT2D eigenvalue weighted by Crippen LogP contribution is 2.15. The first-order valence-corrected chi connectivity index (χ1v) is 6.83. The smallest absolute Gasteiger partial charge is 0.320 e. The maximum absolute atomic E-state index is 12.3. The minimum absolute atomic E-state index is 0.205. The van der Waals surface area contributed by atoms with E-state index in [9.17, 15) is 4.79 Å². The Kier molecular flexibility index (Phi) is 4.94. The normalized spacial score (nSPS) is 9.71. The molecule has 4 heteroatoms. The Labute approximate surface area is 124 Å². The fourth-order valence-corrected chi connectivity index (χ4v) is 2.01. The van der Waals surface area contributed by atoms with Crippen molar-refractivity contribution in [3.63, 3.8) is 0 Å². The lowest BCUT2D eigenvalue weighted by atomic mass is 10.2. The molecule has 0 aliphatic heterocycles. The van der Waals surface area contributed by atoms with Gasteiger partial charge in [0.1, 0.15) is 6.07 Å². The minimum atomic E-state index is -0.205. The van der Waals surface area contributed by atoms with E-state index < -0.39 is 0 Å². The van der Waals surface area contributed by atoms with Crippen LogP contribution < -0.4 is 5.32 Å². The molecule has 2 amide bonds. The maximum Gasteiger partial charge on any atom is 0.322 e. The fraction of sp³-hybridized carbons (Fsp3) is 0.176. The third-order valence-corrected chi connectivity index (χ3v) is 3.17. The molecule has 0 saturated heterocycles. The number of nitrogens with zero attached hydrogens (tertiary/aromatic N) is 2. The van der Waals surface area contributed by atoms with Gasteiger partial charge in [0.2, 0.25) is 0 Å². The van der Waals surface area contributed by atoms with E-state index >= 15 is 0 Å². The summed E-state index contributed by atoms with van der Waals surface area (Å²) in [7, 11) is 0. The lowest BCUT2D eigenvalue weighted by Gasteiger charge is -2.21. The van der Waals surface area contributed by atoms with Crippen LogP contribution in [0.25, 0.3) is 0 Å². The summed E-state index contributed by atoms with van der Waals surface area (Å²) in [6.07, 6.45) is 0. The molecule has 106 valence electrons. The predicted molar refractivity (Wildman–Crippen MR) is 82.7 cm³/mol. The predicted octanol–water partition coefficient (Wildman–Crippen LogP) is 3.61. The zero-order valence-corrected chi connectivity index (χ0v) is 11.9. The molecule has 0 aliphatic carbocycles. The zero-order valence-electron chi connectivity index (χ0n) is 11.9. The number of para-hydroxylation sites is 1. The van der Waals surface area contributed by atoms with Crippen LogP contribution in [0.3, 0.4) is 0 Å². The van der Waals surface area contributed by atoms with Crippen molar-refractivity contribution in [2.24, 2.45) is 0 Å². The Morgan fingerprint density at radius 3 is 2.48 bits per heavy atom. The van der Waals surface area contributed by atoms with Crippen molar-refractivity contribution in [2.75, 3.05) is 11.9 Å². The zero-order chi connectivity index (χ0) is 15.1. The fourth-order valence-electron chi connectivity index (χ4n) is 2.01. The van der Waals surface area contributed by atoms with E-state index in [-0.39, 0.29) is 6.03 Å². The minimum Gasteiger partial charge on any atom is -0.320 e. The molecule has 0 radical (unpaired) electrons. The molecule has 0 atom stereocenters. The van der Waals surface area contributed by atoms with E-state index in [0.29, 0.717) is 24.3 Å². The first kappa shape index (κ1) is 14.6. The van der Waals surface area contributed by atoms with Gasteiger partial charge in [-0.3, -0.25) is 0 Å². The highest BCUT2D eigenvalue weighted by Gasteiger charge is 2.13. The molecule has 1 N–H and O–H groups in total. The summed E-state index contributed by atoms with van der Waals surface area (Å²) in [6, 6.07) is 18.7. The molecule has 2 aromatic carbocycles. The molecule has 0 saturated carbocycles. The van der Waals surface area contributed by atoms with Crippen molar-refractivity contribution in [3.8, 4) is 6.07 Å². The van der Waals surface area contributed by atoms with Gasteiger partial charge in [0.15, 0.2) is 0 Å². The topological polar surface area (TPSA) is 56.1 Å². The number of hydrogen-bond acceptors (Lipinski definition) is 2. The summed E-state index contributed by atoms with van der Waals surface area (Å²) in [5.41, 5.74) is 2.07. The Bertz CT molecular complexity index is 647. The summed E-state index contributed by atoms with van der Waals surface area (Å²) in [6.45, 7) is 3.06. The number of carbonyl (C=O) groups is 1. The van der Waals surface area contributed by atoms with Crippen LogP contribution in [0.5, 0.6) is 0 Å². The van der Waals surface area contributed by atoms with Gasteiger partial charge in [-0.25, -0.2) is 4.79 Å². The Balaban J connectivity index is 2.09. The largest absolute Gasteiger partial charge is 0.322 e. The van der Waals surface area contributed by atoms with Gasteiger partial charge >= 0.3 is 6.03 Å². The van der Waals surface area contributed by atoms with Gasteiger partial charge in [-0.2, -0.15) is 5.26 Å². The lowest BCUT2D eigenvalue weighted by molar-refractivity contribution is 0.212. The van der Waals surface area contributed by atoms with E-state index in [2.05, 4.69) is 11.4 Å². The average Bonchev–Trinajstić information content (AvgIpc) is 2.54. The molecule has 2 rings (SSSR count). The molecule has 0 aromatic heterocycles. The van der Waals surface area contributed by atoms with Crippen molar-refractivity contribution < 1.29 is 4.79 Å². The number of amides is 2. The summed E-state index contributed by atoms with van der Waals surface area (Å²) >= 11 is 0. The highest BCUT2D eigenvalue weighted by molar-refractivity contribution is 5.90. The number of benzene rings is 2. The molecule has 0 aliphatic rings. The Hall–Kier alpha value is -2.80. The molecule has 0 spiro atoms. The van der Waals surface area contributed by atoms with Crippen molar-refractivity contribution in [3.05, 3.63) is 65.7 Å². The first-order valence-electron chi connectivity index (χ1n) is 6.83. The molecule has 4 nitrogen and oxygen atoms in total. The maximum atomic E-state index is 12.3. The van der Waals surface area contributed by atoms with Crippen LogP contribution in [0.4, 0.5) is 10.5 Å². The van der Waals surface area contributed by atoms with E-state index in [1.807, 2.05) is 37.3 Å². The Morgan fingerprint density at radius 2 is 1.81 bits per heavy atom. The van der Waals surface area contributed by atoms with Gasteiger partial charge < -0.3 is 10.2 Å². The van der Waals surface area contributed by atoms with Gasteiger partial charge in [0, 0.05) is 13.1 Å². The van der Waals surface area contributed by atoms with Gasteiger partial charge in [0.05, 0.1) is 11.3 Å². The second kappa shape index (κ2) is 7.11. The second-order valence-electron chi connectivity index (χ2n) is 4.59. The summed E-state index contributed by atoms with van der Waals surface area (Å²) < 4.78 is 0. The van der Waals surface area contributed by atoms with Gasteiger partial charge in [-0.1, -0.05) is 42.5 Å². The van der Waals surface area contributed by atoms with E-state index in [1.165, 1.54) is 0 Å². The van der Waals surface area contributed by atoms with Gasteiger partial charge in [-0.05, 0) is 24.6 Å². The van der Waals surface area contributed by atoms with Crippen molar-refractivity contribution >= 4 is 11.7 Å². The molecular formula is C17H17N3O. The third kappa shape index (κ3) is 3.83. The van der Waals surface area contributed by atoms with E-state index in [1.54, 1.807) is 29.2 Å². The summed E-state index contributed by atoms with van der Waals surface area (Å²) in [5.74, 6) is 0. The number of rotatable bonds is 4. The standard InChI is InChI=1S/C17H17N3O/c1-2-20(13-14-8-4-3-5-9-14)17(21)19-16-11-7-6-10-15(16)12-18/h3-11H,2,13H2,1H3,(H,19,21). The number of urea groups is 1. The van der Waals surface area contributed by atoms with Crippen LogP contribution in [0.15, 0.2) is 54.6 Å². The number of carbonyl (C=O) groups excluding carboxylic acids is 1. The lowest BCUT2D eigenvalue weighted by Crippen LogP contribution is -2.34. The van der Waals surface area contributed by atoms with E-state index in [0.717, 1.165) is 5.56 Å². The second-order valence-corrected chi connectivity index (χ2v) is 4.59. The molecule has 2 aromatic rings. The van der Waals surface area contributed by atoms with Gasteiger partial charge in [-0.15, -0.1) is 0 Å². The van der Waals surface area contributed by atoms with Crippen LogP contribution in [0, 0.1) is 11.3 Å². The SMILES string of the molecule is CCN(Cc1ccccc1)C(=O)Nc1ccccc1C#N. The van der Waals surface area contributed by atoms with Crippen molar-refractivity contribution in [1.29, 1.82) is 5.26 Å². The quantitative estimate of drug-likeness (QED) is 0.929. The van der Waals surface area contributed by atoms with E-state index in [4.69, 9.17) is 5.26 Å². The van der Waals surface area contributed by atoms with Crippen molar-refractivity contribution in [1.82, 2.24) is 4.90 Å². The highest BCUT2D eigenvalue weighted by atomic mass is 16.2. The molecule has 0 fully saturated rings. The summed E-state index contributed by atoms with van der Waals surface area (Å²) in [5, 5.41) is 11.8. The Morgan fingerprint density at radius 1 is 1.14 bits per heavy atom. The third-order valence-electron chi connectivity index (χ3n) is 3.17. The molecule has 0 heterocycles. The van der Waals surface area contributed by atoms with Gasteiger partial charge in [0.25, 0.3) is 0 Å². The van der Waals surface area contributed by atoms with Crippen LogP contribution in [0.1, 0.15) is 18.1 Å². The van der Waals surface area contributed by atoms with Crippen molar-refractivity contribution in [2.45, 2.75) is 13.5 Å². The molecule has 21 heavy (non-hydrogen) atoms. The number of hydrogen-bond donors (Lipinski definition) is 1. The molecule has 0 unspecified atom stereocenters. The van der Waals surface area contributed by atoms with Crippen LogP contribution >= 0.6 is 0 Å². The van der Waals surface area contributed by atoms with Crippen LogP contribution in [-0.4, -0.2) is 17.5 Å². The molecular weight excluding hydrogens is 262 g/mol. The first-order chi connectivity index (χ1) is 10.2. The number of anilines is 1. The monoisotopic (exact) mass is 279 g/mol.